The van der Waals surface area contributed by atoms with Gasteiger partial charge in [0.1, 0.15) is 12.2 Å². The Labute approximate surface area is 131 Å². The third kappa shape index (κ3) is 3.80. The molecule has 22 heavy (non-hydrogen) atoms. The summed E-state index contributed by atoms with van der Waals surface area (Å²) in [5.41, 5.74) is 0. The van der Waals surface area contributed by atoms with Crippen LogP contribution in [0.5, 0.6) is 0 Å². The van der Waals surface area contributed by atoms with Crippen molar-refractivity contribution in [1.82, 2.24) is 0 Å². The van der Waals surface area contributed by atoms with Gasteiger partial charge in [0, 0.05) is 13.0 Å². The van der Waals surface area contributed by atoms with E-state index in [1.807, 2.05) is 33.8 Å². The van der Waals surface area contributed by atoms with Crippen LogP contribution in [0, 0.1) is 5.92 Å². The molecule has 0 bridgehead atoms. The fourth-order valence-corrected chi connectivity index (χ4v) is 3.11. The maximum Gasteiger partial charge on any atom is 0.306 e. The van der Waals surface area contributed by atoms with Gasteiger partial charge in [-0.05, 0) is 33.8 Å². The molecule has 2 saturated heterocycles. The summed E-state index contributed by atoms with van der Waals surface area (Å²) in [5, 5.41) is 0. The van der Waals surface area contributed by atoms with E-state index < -0.39 is 11.9 Å². The molecule has 2 aliphatic rings. The molecular formula is C16H26O6. The minimum absolute atomic E-state index is 0.109. The van der Waals surface area contributed by atoms with Crippen LogP contribution in [-0.2, 0) is 28.5 Å². The molecular weight excluding hydrogens is 288 g/mol. The van der Waals surface area contributed by atoms with Gasteiger partial charge in [-0.25, -0.2) is 0 Å². The summed E-state index contributed by atoms with van der Waals surface area (Å²) in [6, 6.07) is 0. The third-order valence-corrected chi connectivity index (χ3v) is 3.95. The van der Waals surface area contributed by atoms with E-state index in [0.29, 0.717) is 6.61 Å². The molecule has 0 aromatic rings. The lowest BCUT2D eigenvalue weighted by Crippen LogP contribution is -2.52. The fraction of sp³-hybridized carbons (Fsp3) is 0.812. The molecule has 0 aromatic carbocycles. The van der Waals surface area contributed by atoms with Crippen LogP contribution in [0.3, 0.4) is 0 Å². The van der Waals surface area contributed by atoms with Crippen LogP contribution in [0.25, 0.3) is 0 Å². The summed E-state index contributed by atoms with van der Waals surface area (Å²) in [7, 11) is 1.62. The highest BCUT2D eigenvalue weighted by atomic mass is 16.8. The summed E-state index contributed by atoms with van der Waals surface area (Å²) < 4.78 is 28.1. The summed E-state index contributed by atoms with van der Waals surface area (Å²) >= 11 is 0. The van der Waals surface area contributed by atoms with E-state index in [2.05, 4.69) is 0 Å². The highest BCUT2D eigenvalue weighted by Crippen LogP contribution is 2.36. The standard InChI is InChI=1S/C16H26O6/c1-6-19-8-7-11-9-12(17)20-15(14(11)18-5)13-10(2)21-16(3,4)22-13/h7-8,10-11,13-15H,6,9H2,1-5H3/b8-7-/t10-,11-,13+,14+,15+/m1/s1. The molecule has 2 fully saturated rings. The van der Waals surface area contributed by atoms with Gasteiger partial charge in [-0.3, -0.25) is 4.79 Å². The van der Waals surface area contributed by atoms with Gasteiger partial charge < -0.3 is 23.7 Å². The molecule has 0 spiro atoms. The minimum atomic E-state index is -0.692. The van der Waals surface area contributed by atoms with E-state index >= 15 is 0 Å². The number of cyclic esters (lactones) is 1. The smallest absolute Gasteiger partial charge is 0.306 e. The molecule has 6 heteroatoms. The Morgan fingerprint density at radius 3 is 2.59 bits per heavy atom. The number of hydrogen-bond donors (Lipinski definition) is 0. The number of ether oxygens (including phenoxy) is 5. The normalized spacial score (nSPS) is 38.2. The maximum absolute atomic E-state index is 12.0. The second-order valence-corrected chi connectivity index (χ2v) is 6.11. The Morgan fingerprint density at radius 2 is 2.05 bits per heavy atom. The van der Waals surface area contributed by atoms with Crippen molar-refractivity contribution in [3.05, 3.63) is 12.3 Å². The van der Waals surface area contributed by atoms with Crippen molar-refractivity contribution in [2.45, 2.75) is 64.3 Å². The van der Waals surface area contributed by atoms with Gasteiger partial charge in [0.05, 0.1) is 25.4 Å². The van der Waals surface area contributed by atoms with Gasteiger partial charge in [0.2, 0.25) is 0 Å². The Bertz CT molecular complexity index is 419. The number of rotatable bonds is 5. The minimum Gasteiger partial charge on any atom is -0.502 e. The molecule has 0 radical (unpaired) electrons. The van der Waals surface area contributed by atoms with Crippen LogP contribution in [-0.4, -0.2) is 49.9 Å². The van der Waals surface area contributed by atoms with Crippen molar-refractivity contribution in [1.29, 1.82) is 0 Å². The maximum atomic E-state index is 12.0. The average molecular weight is 314 g/mol. The van der Waals surface area contributed by atoms with E-state index in [1.165, 1.54) is 0 Å². The highest BCUT2D eigenvalue weighted by molar-refractivity contribution is 5.71. The highest BCUT2D eigenvalue weighted by Gasteiger charge is 2.50. The van der Waals surface area contributed by atoms with E-state index in [1.54, 1.807) is 13.4 Å². The summed E-state index contributed by atoms with van der Waals surface area (Å²) in [6.45, 7) is 8.10. The van der Waals surface area contributed by atoms with Crippen LogP contribution in [0.4, 0.5) is 0 Å². The third-order valence-electron chi connectivity index (χ3n) is 3.95. The molecule has 0 aromatic heterocycles. The molecule has 126 valence electrons. The summed E-state index contributed by atoms with van der Waals surface area (Å²) in [5.74, 6) is -1.06. The van der Waals surface area contributed by atoms with Crippen molar-refractivity contribution in [2.24, 2.45) is 5.92 Å². The molecule has 2 heterocycles. The average Bonchev–Trinajstić information content (AvgIpc) is 2.71. The predicted molar refractivity (Wildman–Crippen MR) is 79.0 cm³/mol. The van der Waals surface area contributed by atoms with Crippen LogP contribution in [0.15, 0.2) is 12.3 Å². The zero-order valence-electron chi connectivity index (χ0n) is 13.9. The van der Waals surface area contributed by atoms with E-state index in [4.69, 9.17) is 23.7 Å². The molecule has 0 N–H and O–H groups in total. The number of hydrogen-bond acceptors (Lipinski definition) is 6. The molecule has 0 amide bonds. The van der Waals surface area contributed by atoms with Gasteiger partial charge >= 0.3 is 5.97 Å². The quantitative estimate of drug-likeness (QED) is 0.571. The number of esters is 1. The lowest BCUT2D eigenvalue weighted by Gasteiger charge is -2.38. The first-order chi connectivity index (χ1) is 10.4. The van der Waals surface area contributed by atoms with Crippen molar-refractivity contribution in [2.75, 3.05) is 13.7 Å². The van der Waals surface area contributed by atoms with E-state index in [9.17, 15) is 4.79 Å². The predicted octanol–water partition coefficient (Wildman–Crippen LogP) is 2.02. The molecule has 0 unspecified atom stereocenters. The molecule has 6 nitrogen and oxygen atoms in total. The first-order valence-corrected chi connectivity index (χ1v) is 7.74. The molecule has 2 rings (SSSR count). The second-order valence-electron chi connectivity index (χ2n) is 6.11. The monoisotopic (exact) mass is 314 g/mol. The van der Waals surface area contributed by atoms with Crippen LogP contribution < -0.4 is 0 Å². The van der Waals surface area contributed by atoms with Gasteiger partial charge in [0.25, 0.3) is 0 Å². The first-order valence-electron chi connectivity index (χ1n) is 7.74. The second kappa shape index (κ2) is 6.98. The largest absolute Gasteiger partial charge is 0.502 e. The van der Waals surface area contributed by atoms with Crippen molar-refractivity contribution in [3.8, 4) is 0 Å². The van der Waals surface area contributed by atoms with Crippen molar-refractivity contribution < 1.29 is 28.5 Å². The Morgan fingerprint density at radius 1 is 1.32 bits per heavy atom. The van der Waals surface area contributed by atoms with Crippen molar-refractivity contribution >= 4 is 5.97 Å². The summed E-state index contributed by atoms with van der Waals surface area (Å²) in [4.78, 5) is 12.0. The van der Waals surface area contributed by atoms with Crippen LogP contribution in [0.2, 0.25) is 0 Å². The lowest BCUT2D eigenvalue weighted by atomic mass is 9.88. The molecule has 5 atom stereocenters. The van der Waals surface area contributed by atoms with Crippen LogP contribution >= 0.6 is 0 Å². The lowest BCUT2D eigenvalue weighted by molar-refractivity contribution is -0.198. The SMILES string of the molecule is CCO/C=C\[C@@H]1CC(=O)O[C@@H]([C@H]2OC(C)(C)O[C@@H]2C)[C@H]1OC. The van der Waals surface area contributed by atoms with E-state index in [0.717, 1.165) is 0 Å². The van der Waals surface area contributed by atoms with Gasteiger partial charge in [0.15, 0.2) is 11.9 Å². The van der Waals surface area contributed by atoms with Gasteiger partial charge in [-0.2, -0.15) is 0 Å². The Balaban J connectivity index is 2.16. The zero-order chi connectivity index (χ0) is 16.3. The number of carbonyl (C=O) groups excluding carboxylic acids is 1. The fourth-order valence-electron chi connectivity index (χ4n) is 3.11. The zero-order valence-corrected chi connectivity index (χ0v) is 13.9. The number of methoxy groups -OCH3 is 1. The molecule has 0 aliphatic carbocycles. The van der Waals surface area contributed by atoms with Gasteiger partial charge in [-0.1, -0.05) is 0 Å². The molecule has 2 aliphatic heterocycles. The molecule has 0 saturated carbocycles. The Hall–Kier alpha value is -1.11. The van der Waals surface area contributed by atoms with Gasteiger partial charge in [-0.15, -0.1) is 0 Å². The number of carbonyl (C=O) groups is 1. The van der Waals surface area contributed by atoms with E-state index in [-0.39, 0.29) is 36.6 Å². The van der Waals surface area contributed by atoms with Crippen LogP contribution in [0.1, 0.15) is 34.1 Å². The van der Waals surface area contributed by atoms with Crippen molar-refractivity contribution in [3.63, 3.8) is 0 Å². The Kier molecular flexibility index (Phi) is 5.47. The summed E-state index contributed by atoms with van der Waals surface area (Å²) in [6.07, 6.45) is 2.41. The first kappa shape index (κ1) is 17.2. The topological polar surface area (TPSA) is 63.2 Å².